The Morgan fingerprint density at radius 1 is 0.882 bits per heavy atom. The lowest BCUT2D eigenvalue weighted by Crippen LogP contribution is -3.18. The SMILES string of the molecule is CCC(C)(C)C1C(C(C)(C)CC)[NH+]([O-])O[NH+]1[O-]. The summed E-state index contributed by atoms with van der Waals surface area (Å²) in [6, 6.07) is -0.620. The van der Waals surface area contributed by atoms with Crippen molar-refractivity contribution in [2.24, 2.45) is 10.8 Å². The van der Waals surface area contributed by atoms with Crippen LogP contribution in [0.4, 0.5) is 0 Å². The standard InChI is InChI=1S/C12H26N2O3/c1-7-11(3,4)9-10(12(5,6)8-2)14(16)17-13(9)15/h9-10,13-14H,7-8H2,1-6H3. The first-order valence-electron chi connectivity index (χ1n) is 6.43. The largest absolute Gasteiger partial charge is 0.595 e. The van der Waals surface area contributed by atoms with Crippen molar-refractivity contribution in [2.75, 3.05) is 0 Å². The van der Waals surface area contributed by atoms with Gasteiger partial charge in [-0.2, -0.15) is 10.5 Å². The Bertz CT molecular complexity index is 242. The fraction of sp³-hybridized carbons (Fsp3) is 1.00. The maximum atomic E-state index is 11.9. The molecular formula is C12H26N2O3. The van der Waals surface area contributed by atoms with Gasteiger partial charge in [-0.3, -0.25) is 0 Å². The molecule has 0 aromatic heterocycles. The molecule has 0 aliphatic carbocycles. The topological polar surface area (TPSA) is 64.2 Å². The van der Waals surface area contributed by atoms with Crippen LogP contribution in [0.15, 0.2) is 0 Å². The van der Waals surface area contributed by atoms with Crippen molar-refractivity contribution in [3.63, 3.8) is 0 Å². The Morgan fingerprint density at radius 3 is 1.41 bits per heavy atom. The summed E-state index contributed by atoms with van der Waals surface area (Å²) in [7, 11) is 0. The minimum Gasteiger partial charge on any atom is -0.595 e. The quantitative estimate of drug-likeness (QED) is 0.698. The van der Waals surface area contributed by atoms with E-state index in [1.807, 2.05) is 41.5 Å². The van der Waals surface area contributed by atoms with Crippen LogP contribution in [0.5, 0.6) is 0 Å². The number of nitrogens with one attached hydrogen (secondary N) is 2. The van der Waals surface area contributed by atoms with Crippen molar-refractivity contribution in [3.8, 4) is 0 Å². The van der Waals surface area contributed by atoms with Crippen LogP contribution in [0, 0.1) is 21.2 Å². The van der Waals surface area contributed by atoms with E-state index in [2.05, 4.69) is 0 Å². The second-order valence-corrected chi connectivity index (χ2v) is 6.38. The van der Waals surface area contributed by atoms with Crippen molar-refractivity contribution >= 4 is 0 Å². The van der Waals surface area contributed by atoms with Gasteiger partial charge in [0.05, 0.1) is 0 Å². The van der Waals surface area contributed by atoms with Crippen LogP contribution in [0.2, 0.25) is 0 Å². The molecule has 0 saturated carbocycles. The Hall–Kier alpha value is -0.200. The number of hydrogen-bond acceptors (Lipinski definition) is 3. The summed E-state index contributed by atoms with van der Waals surface area (Å²) < 4.78 is 0. The molecule has 1 aliphatic heterocycles. The Kier molecular flexibility index (Phi) is 4.21. The predicted octanol–water partition coefficient (Wildman–Crippen LogP) is 0.222. The molecule has 4 atom stereocenters. The van der Waals surface area contributed by atoms with E-state index in [1.165, 1.54) is 0 Å². The third-order valence-corrected chi connectivity index (χ3v) is 4.55. The number of hydroxylamine groups is 4. The van der Waals surface area contributed by atoms with Crippen molar-refractivity contribution in [3.05, 3.63) is 10.4 Å². The van der Waals surface area contributed by atoms with E-state index in [0.717, 1.165) is 12.8 Å². The van der Waals surface area contributed by atoms with Gasteiger partial charge in [0.1, 0.15) is 0 Å². The van der Waals surface area contributed by atoms with Crippen LogP contribution in [0.1, 0.15) is 54.4 Å². The highest BCUT2D eigenvalue weighted by Crippen LogP contribution is 2.34. The highest BCUT2D eigenvalue weighted by molar-refractivity contribution is 4.90. The average Bonchev–Trinajstić information content (AvgIpc) is 2.54. The van der Waals surface area contributed by atoms with Gasteiger partial charge in [-0.1, -0.05) is 41.5 Å². The summed E-state index contributed by atoms with van der Waals surface area (Å²) in [6.07, 6.45) is 1.71. The normalized spacial score (nSPS) is 35.3. The maximum absolute atomic E-state index is 11.9. The molecule has 1 fully saturated rings. The third kappa shape index (κ3) is 2.63. The van der Waals surface area contributed by atoms with E-state index in [-0.39, 0.29) is 33.4 Å². The van der Waals surface area contributed by atoms with Gasteiger partial charge in [0.25, 0.3) is 0 Å². The summed E-state index contributed by atoms with van der Waals surface area (Å²) in [5.41, 5.74) is -0.388. The van der Waals surface area contributed by atoms with Crippen LogP contribution >= 0.6 is 0 Å². The van der Waals surface area contributed by atoms with E-state index >= 15 is 0 Å². The zero-order valence-electron chi connectivity index (χ0n) is 11.8. The molecule has 0 bridgehead atoms. The predicted molar refractivity (Wildman–Crippen MR) is 65.5 cm³/mol. The summed E-state index contributed by atoms with van der Waals surface area (Å²) in [5, 5.41) is 23.2. The minimum absolute atomic E-state index is 0.194. The van der Waals surface area contributed by atoms with Crippen molar-refractivity contribution < 1.29 is 15.4 Å². The molecule has 5 heteroatoms. The molecule has 0 radical (unpaired) electrons. The number of rotatable bonds is 4. The van der Waals surface area contributed by atoms with Crippen LogP contribution in [-0.2, 0) is 4.94 Å². The highest BCUT2D eigenvalue weighted by atomic mass is 17.1. The number of quaternary nitrogens is 2. The lowest BCUT2D eigenvalue weighted by atomic mass is 9.69. The molecule has 2 N–H and O–H groups in total. The van der Waals surface area contributed by atoms with E-state index in [1.54, 1.807) is 0 Å². The summed E-state index contributed by atoms with van der Waals surface area (Å²) in [4.78, 5) is 4.88. The third-order valence-electron chi connectivity index (χ3n) is 4.55. The van der Waals surface area contributed by atoms with Crippen LogP contribution in [-0.4, -0.2) is 12.1 Å². The van der Waals surface area contributed by atoms with Gasteiger partial charge in [-0.25, -0.2) is 0 Å². The summed E-state index contributed by atoms with van der Waals surface area (Å²) in [5.74, 6) is 0. The summed E-state index contributed by atoms with van der Waals surface area (Å²) >= 11 is 0. The molecule has 1 aliphatic rings. The maximum Gasteiger partial charge on any atom is 0.183 e. The molecule has 0 spiro atoms. The van der Waals surface area contributed by atoms with Crippen molar-refractivity contribution in [1.82, 2.24) is 0 Å². The molecule has 0 aromatic rings. The first-order valence-corrected chi connectivity index (χ1v) is 6.43. The van der Waals surface area contributed by atoms with E-state index in [0.29, 0.717) is 0 Å². The second-order valence-electron chi connectivity index (χ2n) is 6.38. The molecular weight excluding hydrogens is 220 g/mol. The minimum atomic E-state index is -0.339. The van der Waals surface area contributed by atoms with Crippen molar-refractivity contribution in [1.29, 1.82) is 0 Å². The smallest absolute Gasteiger partial charge is 0.183 e. The fourth-order valence-corrected chi connectivity index (χ4v) is 2.48. The van der Waals surface area contributed by atoms with Crippen LogP contribution in [0.3, 0.4) is 0 Å². The van der Waals surface area contributed by atoms with E-state index in [9.17, 15) is 10.4 Å². The lowest BCUT2D eigenvalue weighted by Gasteiger charge is -2.38. The average molecular weight is 246 g/mol. The highest BCUT2D eigenvalue weighted by Gasteiger charge is 2.57. The number of hydrogen-bond donors (Lipinski definition) is 2. The molecule has 0 amide bonds. The molecule has 1 heterocycles. The Balaban J connectivity index is 3.07. The molecule has 17 heavy (non-hydrogen) atoms. The molecule has 1 saturated heterocycles. The second kappa shape index (κ2) is 4.82. The zero-order valence-corrected chi connectivity index (χ0v) is 11.8. The Labute approximate surface area is 104 Å². The van der Waals surface area contributed by atoms with Gasteiger partial charge in [0.2, 0.25) is 0 Å². The van der Waals surface area contributed by atoms with E-state index in [4.69, 9.17) is 4.94 Å². The summed E-state index contributed by atoms with van der Waals surface area (Å²) in [6.45, 7) is 12.2. The van der Waals surface area contributed by atoms with Crippen molar-refractivity contribution in [2.45, 2.75) is 66.5 Å². The van der Waals surface area contributed by atoms with Gasteiger partial charge in [0.15, 0.2) is 12.1 Å². The first kappa shape index (κ1) is 14.9. The Morgan fingerprint density at radius 2 is 1.18 bits per heavy atom. The van der Waals surface area contributed by atoms with Gasteiger partial charge in [-0.15, -0.1) is 0 Å². The van der Waals surface area contributed by atoms with Gasteiger partial charge < -0.3 is 10.4 Å². The fourth-order valence-electron chi connectivity index (χ4n) is 2.48. The molecule has 4 unspecified atom stereocenters. The lowest BCUT2D eigenvalue weighted by molar-refractivity contribution is -1.28. The van der Waals surface area contributed by atoms with Crippen LogP contribution < -0.4 is 10.5 Å². The monoisotopic (exact) mass is 246 g/mol. The van der Waals surface area contributed by atoms with Gasteiger partial charge in [0, 0.05) is 10.8 Å². The first-order chi connectivity index (χ1) is 7.67. The van der Waals surface area contributed by atoms with Gasteiger partial charge >= 0.3 is 0 Å². The molecule has 5 nitrogen and oxygen atoms in total. The van der Waals surface area contributed by atoms with Gasteiger partial charge in [-0.05, 0) is 17.8 Å². The van der Waals surface area contributed by atoms with Crippen LogP contribution in [0.25, 0.3) is 0 Å². The zero-order chi connectivity index (χ0) is 13.4. The van der Waals surface area contributed by atoms with E-state index < -0.39 is 0 Å². The molecule has 1 rings (SSSR count). The molecule has 0 aromatic carbocycles. The molecule has 102 valence electrons.